The molecule has 2 rings (SSSR count). The molecule has 96 valence electrons. The Balaban J connectivity index is 2.70. The first-order valence-electron chi connectivity index (χ1n) is 5.52. The molecule has 0 aliphatic carbocycles. The first-order chi connectivity index (χ1) is 8.56. The van der Waals surface area contributed by atoms with Crippen molar-refractivity contribution in [3.63, 3.8) is 0 Å². The molecular weight excluding hydrogens is 236 g/mol. The molecule has 0 spiro atoms. The number of aryl methyl sites for hydroxylation is 1. The number of anilines is 1. The van der Waals surface area contributed by atoms with E-state index in [2.05, 4.69) is 21.0 Å². The van der Waals surface area contributed by atoms with Crippen molar-refractivity contribution in [1.82, 2.24) is 19.1 Å². The second-order valence-corrected chi connectivity index (χ2v) is 3.91. The molecule has 18 heavy (non-hydrogen) atoms. The van der Waals surface area contributed by atoms with Gasteiger partial charge in [-0.05, 0) is 0 Å². The normalized spacial score (nSPS) is 10.8. The van der Waals surface area contributed by atoms with Crippen molar-refractivity contribution < 1.29 is 5.73 Å². The second kappa shape index (κ2) is 4.57. The monoisotopic (exact) mass is 251 g/mol. The lowest BCUT2D eigenvalue weighted by Gasteiger charge is -2.07. The number of nitrogens with zero attached hydrogens (tertiary/aromatic N) is 4. The van der Waals surface area contributed by atoms with Crippen LogP contribution >= 0.6 is 0 Å². The first kappa shape index (κ1) is 12.2. The Bertz CT molecular complexity index is 702. The van der Waals surface area contributed by atoms with Gasteiger partial charge in [0, 0.05) is 14.1 Å². The first-order valence-corrected chi connectivity index (χ1v) is 5.52. The lowest BCUT2D eigenvalue weighted by Crippen LogP contribution is -2.53. The van der Waals surface area contributed by atoms with E-state index in [0.717, 1.165) is 4.57 Å². The van der Waals surface area contributed by atoms with Gasteiger partial charge < -0.3 is 11.1 Å². The Labute approximate surface area is 102 Å². The number of quaternary nitrogens is 1. The molecule has 0 aliphatic heterocycles. The fraction of sp³-hybridized carbons (Fsp3) is 0.400. The fourth-order valence-electron chi connectivity index (χ4n) is 1.63. The summed E-state index contributed by atoms with van der Waals surface area (Å²) in [5.74, 6) is 0.502. The van der Waals surface area contributed by atoms with E-state index in [0.29, 0.717) is 18.9 Å². The lowest BCUT2D eigenvalue weighted by molar-refractivity contribution is -0.362. The van der Waals surface area contributed by atoms with E-state index in [1.165, 1.54) is 17.8 Å². The van der Waals surface area contributed by atoms with Crippen molar-refractivity contribution in [3.8, 4) is 0 Å². The van der Waals surface area contributed by atoms with Crippen LogP contribution in [0.4, 0.5) is 5.82 Å². The lowest BCUT2D eigenvalue weighted by atomic mass is 10.4. The smallest absolute Gasteiger partial charge is 0.332 e. The van der Waals surface area contributed by atoms with Crippen LogP contribution in [0, 0.1) is 0 Å². The molecule has 0 saturated carbocycles. The molecule has 0 aliphatic rings. The van der Waals surface area contributed by atoms with E-state index in [4.69, 9.17) is 0 Å². The predicted molar refractivity (Wildman–Crippen MR) is 66.3 cm³/mol. The molecular formula is C10H15N6O2+. The standard InChI is InChI=1S/C10H14N6O2/c1-15-8-7(9(17)16(2)10(15)18)14-6(5-13-8)12-4-3-11/h5H,3-4,11H2,1-2H3,(H,12,14)/p+1. The SMILES string of the molecule is Cn1c(=O)c2nc(NCC[NH3+])cnc2n(C)c1=O. The number of fused-ring (bicyclic) bond motifs is 1. The quantitative estimate of drug-likeness (QED) is 0.636. The zero-order chi connectivity index (χ0) is 13.3. The van der Waals surface area contributed by atoms with Crippen LogP contribution in [-0.2, 0) is 14.1 Å². The maximum atomic E-state index is 11.9. The molecule has 0 atom stereocenters. The summed E-state index contributed by atoms with van der Waals surface area (Å²) in [4.78, 5) is 31.9. The van der Waals surface area contributed by atoms with Crippen molar-refractivity contribution in [2.75, 3.05) is 18.4 Å². The molecule has 2 aromatic rings. The molecule has 0 amide bonds. The maximum absolute atomic E-state index is 11.9. The largest absolute Gasteiger partial charge is 0.363 e. The maximum Gasteiger partial charge on any atom is 0.332 e. The van der Waals surface area contributed by atoms with Gasteiger partial charge in [0.15, 0.2) is 11.2 Å². The van der Waals surface area contributed by atoms with Crippen LogP contribution in [-0.4, -0.2) is 32.2 Å². The van der Waals surface area contributed by atoms with Crippen LogP contribution in [0.15, 0.2) is 15.8 Å². The topological polar surface area (TPSA) is 109 Å². The molecule has 2 aromatic heterocycles. The molecule has 0 saturated heterocycles. The third-order valence-corrected chi connectivity index (χ3v) is 2.63. The van der Waals surface area contributed by atoms with Crippen LogP contribution in [0.1, 0.15) is 0 Å². The van der Waals surface area contributed by atoms with Crippen LogP contribution in [0.5, 0.6) is 0 Å². The minimum absolute atomic E-state index is 0.175. The van der Waals surface area contributed by atoms with Crippen LogP contribution in [0.3, 0.4) is 0 Å². The molecule has 0 radical (unpaired) electrons. The van der Waals surface area contributed by atoms with Gasteiger partial charge in [-0.15, -0.1) is 0 Å². The number of nitrogens with one attached hydrogen (secondary N) is 1. The van der Waals surface area contributed by atoms with Gasteiger partial charge in [-0.3, -0.25) is 13.9 Å². The third-order valence-electron chi connectivity index (χ3n) is 2.63. The van der Waals surface area contributed by atoms with Gasteiger partial charge in [0.1, 0.15) is 5.82 Å². The molecule has 0 bridgehead atoms. The Morgan fingerprint density at radius 1 is 1.33 bits per heavy atom. The van der Waals surface area contributed by atoms with Crippen LogP contribution in [0.2, 0.25) is 0 Å². The molecule has 8 heteroatoms. The summed E-state index contributed by atoms with van der Waals surface area (Å²) in [6.07, 6.45) is 1.50. The summed E-state index contributed by atoms with van der Waals surface area (Å²) in [5, 5.41) is 3.00. The Kier molecular flexibility index (Phi) is 3.11. The molecule has 0 aromatic carbocycles. The highest BCUT2D eigenvalue weighted by Gasteiger charge is 2.11. The van der Waals surface area contributed by atoms with Crippen molar-refractivity contribution in [2.24, 2.45) is 14.1 Å². The Hall–Kier alpha value is -2.22. The number of rotatable bonds is 3. The third kappa shape index (κ3) is 1.86. The Morgan fingerprint density at radius 2 is 2.06 bits per heavy atom. The van der Waals surface area contributed by atoms with Crippen molar-refractivity contribution in [3.05, 3.63) is 27.0 Å². The highest BCUT2D eigenvalue weighted by Crippen LogP contribution is 2.05. The summed E-state index contributed by atoms with van der Waals surface area (Å²) >= 11 is 0. The van der Waals surface area contributed by atoms with Gasteiger partial charge in [-0.25, -0.2) is 14.8 Å². The number of hydrogen-bond acceptors (Lipinski definition) is 5. The van der Waals surface area contributed by atoms with Gasteiger partial charge in [0.05, 0.1) is 19.3 Å². The van der Waals surface area contributed by atoms with E-state index >= 15 is 0 Å². The summed E-state index contributed by atoms with van der Waals surface area (Å²) < 4.78 is 2.32. The van der Waals surface area contributed by atoms with Crippen LogP contribution in [0.25, 0.3) is 11.2 Å². The average molecular weight is 251 g/mol. The second-order valence-electron chi connectivity index (χ2n) is 3.91. The molecule has 0 fully saturated rings. The van der Waals surface area contributed by atoms with Crippen LogP contribution < -0.4 is 22.3 Å². The highest BCUT2D eigenvalue weighted by atomic mass is 16.2. The molecule has 2 heterocycles. The van der Waals surface area contributed by atoms with E-state index in [-0.39, 0.29) is 11.2 Å². The molecule has 0 unspecified atom stereocenters. The highest BCUT2D eigenvalue weighted by molar-refractivity contribution is 5.70. The van der Waals surface area contributed by atoms with Gasteiger partial charge in [0.25, 0.3) is 5.56 Å². The summed E-state index contributed by atoms with van der Waals surface area (Å²) in [5.41, 5.74) is 3.29. The van der Waals surface area contributed by atoms with E-state index in [1.54, 1.807) is 7.05 Å². The van der Waals surface area contributed by atoms with Gasteiger partial charge in [-0.1, -0.05) is 0 Å². The van der Waals surface area contributed by atoms with Crippen molar-refractivity contribution >= 4 is 17.0 Å². The van der Waals surface area contributed by atoms with Gasteiger partial charge in [0.2, 0.25) is 0 Å². The fourth-order valence-corrected chi connectivity index (χ4v) is 1.63. The van der Waals surface area contributed by atoms with E-state index < -0.39 is 11.2 Å². The van der Waals surface area contributed by atoms with E-state index in [9.17, 15) is 9.59 Å². The molecule has 4 N–H and O–H groups in total. The predicted octanol–water partition coefficient (Wildman–Crippen LogP) is -2.32. The number of aromatic nitrogens is 4. The van der Waals surface area contributed by atoms with Gasteiger partial charge >= 0.3 is 5.69 Å². The molecule has 8 nitrogen and oxygen atoms in total. The summed E-state index contributed by atoms with van der Waals surface area (Å²) in [6, 6.07) is 0. The zero-order valence-electron chi connectivity index (χ0n) is 10.3. The van der Waals surface area contributed by atoms with Crippen molar-refractivity contribution in [2.45, 2.75) is 0 Å². The minimum atomic E-state index is -0.445. The van der Waals surface area contributed by atoms with Crippen molar-refractivity contribution in [1.29, 1.82) is 0 Å². The van der Waals surface area contributed by atoms with Gasteiger partial charge in [-0.2, -0.15) is 0 Å². The number of hydrogen-bond donors (Lipinski definition) is 2. The zero-order valence-corrected chi connectivity index (χ0v) is 10.3. The van der Waals surface area contributed by atoms with E-state index in [1.807, 2.05) is 0 Å². The average Bonchev–Trinajstić information content (AvgIpc) is 2.40. The summed E-state index contributed by atoms with van der Waals surface area (Å²) in [7, 11) is 2.98. The summed E-state index contributed by atoms with van der Waals surface area (Å²) in [6.45, 7) is 1.34. The Morgan fingerprint density at radius 3 is 2.72 bits per heavy atom. The minimum Gasteiger partial charge on any atom is -0.363 e.